The number of benzene rings is 1. The SMILES string of the molecule is CCCOc1cc(F)cc(C[C@H](NC(C)=O)[C@H](O)[C@H]2CO[C@@H](OCC(C)(C)CF)[C@H](C)N2C(=O)O)c1. The molecule has 3 N–H and O–H groups in total. The van der Waals surface area contributed by atoms with Crippen LogP contribution in [0, 0.1) is 11.2 Å². The van der Waals surface area contributed by atoms with Crippen molar-refractivity contribution in [3.05, 3.63) is 29.6 Å². The number of nitrogens with zero attached hydrogens (tertiary/aromatic N) is 1. The third-order valence-corrected chi connectivity index (χ3v) is 5.90. The number of aliphatic hydroxyl groups is 1. The molecule has 1 aromatic carbocycles. The Morgan fingerprint density at radius 1 is 1.33 bits per heavy atom. The molecule has 1 aromatic rings. The molecule has 0 aromatic heterocycles. The summed E-state index contributed by atoms with van der Waals surface area (Å²) in [6.07, 6.45) is -2.91. The van der Waals surface area contributed by atoms with Gasteiger partial charge in [0.25, 0.3) is 0 Å². The molecule has 0 bridgehead atoms. The number of hydrogen-bond donors (Lipinski definition) is 3. The molecule has 0 radical (unpaired) electrons. The van der Waals surface area contributed by atoms with Crippen molar-refractivity contribution in [1.82, 2.24) is 10.2 Å². The van der Waals surface area contributed by atoms with E-state index in [-0.39, 0.29) is 19.6 Å². The van der Waals surface area contributed by atoms with Crippen LogP contribution in [0.1, 0.15) is 46.6 Å². The number of morpholine rings is 1. The van der Waals surface area contributed by atoms with Crippen molar-refractivity contribution in [3.63, 3.8) is 0 Å². The molecule has 2 rings (SSSR count). The van der Waals surface area contributed by atoms with Gasteiger partial charge in [-0.1, -0.05) is 20.8 Å². The van der Waals surface area contributed by atoms with Crippen LogP contribution in [0.15, 0.2) is 18.2 Å². The van der Waals surface area contributed by atoms with E-state index in [9.17, 15) is 28.6 Å². The second-order valence-corrected chi connectivity index (χ2v) is 9.95. The van der Waals surface area contributed by atoms with Crippen LogP contribution in [-0.2, 0) is 20.7 Å². The summed E-state index contributed by atoms with van der Waals surface area (Å²) < 4.78 is 44.3. The van der Waals surface area contributed by atoms with Crippen LogP contribution >= 0.6 is 0 Å². The number of hydrogen-bond acceptors (Lipinski definition) is 6. The van der Waals surface area contributed by atoms with E-state index in [1.807, 2.05) is 6.92 Å². The lowest BCUT2D eigenvalue weighted by atomic mass is 9.93. The van der Waals surface area contributed by atoms with Crippen molar-refractivity contribution in [2.75, 3.05) is 26.5 Å². The summed E-state index contributed by atoms with van der Waals surface area (Å²) in [4.78, 5) is 25.1. The zero-order chi connectivity index (χ0) is 27.0. The average Bonchev–Trinajstić information content (AvgIpc) is 2.80. The van der Waals surface area contributed by atoms with Crippen LogP contribution < -0.4 is 10.1 Å². The number of rotatable bonds is 12. The molecule has 11 heteroatoms. The van der Waals surface area contributed by atoms with Crippen LogP contribution in [0.5, 0.6) is 5.75 Å². The summed E-state index contributed by atoms with van der Waals surface area (Å²) >= 11 is 0. The monoisotopic (exact) mass is 516 g/mol. The van der Waals surface area contributed by atoms with E-state index in [1.54, 1.807) is 26.8 Å². The first kappa shape index (κ1) is 29.7. The molecule has 1 fully saturated rings. The minimum atomic E-state index is -1.39. The van der Waals surface area contributed by atoms with Gasteiger partial charge in [0.2, 0.25) is 5.91 Å². The van der Waals surface area contributed by atoms with Gasteiger partial charge in [-0.2, -0.15) is 0 Å². The third kappa shape index (κ3) is 8.28. The van der Waals surface area contributed by atoms with Gasteiger partial charge in [0.15, 0.2) is 6.29 Å². The lowest BCUT2D eigenvalue weighted by molar-refractivity contribution is -0.232. The number of aliphatic hydroxyl groups excluding tert-OH is 1. The van der Waals surface area contributed by atoms with Gasteiger partial charge >= 0.3 is 6.09 Å². The number of carboxylic acid groups (broad SMARTS) is 1. The molecule has 1 saturated heterocycles. The zero-order valence-electron chi connectivity index (χ0n) is 21.5. The first-order valence-corrected chi connectivity index (χ1v) is 12.1. The highest BCUT2D eigenvalue weighted by atomic mass is 19.1. The van der Waals surface area contributed by atoms with Crippen molar-refractivity contribution in [3.8, 4) is 5.75 Å². The number of carbonyl (C=O) groups excluding carboxylic acids is 1. The van der Waals surface area contributed by atoms with Crippen molar-refractivity contribution in [2.45, 2.75) is 78.0 Å². The highest BCUT2D eigenvalue weighted by Gasteiger charge is 2.45. The van der Waals surface area contributed by atoms with Crippen molar-refractivity contribution >= 4 is 12.0 Å². The Morgan fingerprint density at radius 3 is 2.61 bits per heavy atom. The lowest BCUT2D eigenvalue weighted by Gasteiger charge is -2.46. The van der Waals surface area contributed by atoms with Crippen LogP contribution in [0.3, 0.4) is 0 Å². The molecule has 1 aliphatic rings. The highest BCUT2D eigenvalue weighted by Crippen LogP contribution is 2.27. The van der Waals surface area contributed by atoms with E-state index in [1.165, 1.54) is 19.1 Å². The normalized spacial score (nSPS) is 22.1. The molecule has 0 aliphatic carbocycles. The molecular formula is C25H38F2N2O7. The fourth-order valence-corrected chi connectivity index (χ4v) is 4.04. The first-order valence-electron chi connectivity index (χ1n) is 12.1. The molecule has 1 aliphatic heterocycles. The van der Waals surface area contributed by atoms with Gasteiger partial charge in [-0.05, 0) is 37.5 Å². The molecule has 0 saturated carbocycles. The summed E-state index contributed by atoms with van der Waals surface area (Å²) in [6.45, 7) is 7.67. The van der Waals surface area contributed by atoms with E-state index < -0.39 is 60.4 Å². The maximum Gasteiger partial charge on any atom is 0.408 e. The van der Waals surface area contributed by atoms with Crippen LogP contribution in [0.25, 0.3) is 0 Å². The fourth-order valence-electron chi connectivity index (χ4n) is 4.04. The number of nitrogens with one attached hydrogen (secondary N) is 1. The highest BCUT2D eigenvalue weighted by molar-refractivity contribution is 5.73. The number of carbonyl (C=O) groups is 2. The standard InChI is InChI=1S/C25H38F2N2O7/c1-6-7-34-19-9-17(8-18(27)11-19)10-20(28-16(3)30)22(31)21-12-35-23(15(2)29(21)24(32)33)36-14-25(4,5)13-26/h8-9,11,15,20-23,31H,6-7,10,12-14H2,1-5H3,(H,28,30)(H,32,33)/t15-,20-,21+,22-,23-/m0/s1. The maximum absolute atomic E-state index is 14.2. The molecule has 9 nitrogen and oxygen atoms in total. The summed E-state index contributed by atoms with van der Waals surface area (Å²) in [5.74, 6) is -0.659. The maximum atomic E-state index is 14.2. The Balaban J connectivity index is 2.24. The Bertz CT molecular complexity index is 886. The van der Waals surface area contributed by atoms with E-state index >= 15 is 0 Å². The molecule has 1 heterocycles. The minimum absolute atomic E-state index is 0.00963. The second-order valence-electron chi connectivity index (χ2n) is 9.95. The van der Waals surface area contributed by atoms with Crippen molar-refractivity contribution in [1.29, 1.82) is 0 Å². The second kappa shape index (κ2) is 13.2. The predicted octanol–water partition coefficient (Wildman–Crippen LogP) is 3.13. The molecule has 204 valence electrons. The van der Waals surface area contributed by atoms with Gasteiger partial charge in [0, 0.05) is 18.4 Å². The number of amides is 2. The zero-order valence-corrected chi connectivity index (χ0v) is 21.5. The van der Waals surface area contributed by atoms with Crippen LogP contribution in [0.2, 0.25) is 0 Å². The molecule has 0 spiro atoms. The predicted molar refractivity (Wildman–Crippen MR) is 128 cm³/mol. The summed E-state index contributed by atoms with van der Waals surface area (Å²) in [6, 6.07) is 1.31. The topological polar surface area (TPSA) is 118 Å². The van der Waals surface area contributed by atoms with Crippen molar-refractivity contribution < 1.29 is 42.8 Å². The van der Waals surface area contributed by atoms with E-state index in [0.29, 0.717) is 17.9 Å². The lowest BCUT2D eigenvalue weighted by Crippen LogP contribution is -2.65. The smallest absolute Gasteiger partial charge is 0.408 e. The first-order chi connectivity index (χ1) is 16.9. The quantitative estimate of drug-likeness (QED) is 0.391. The van der Waals surface area contributed by atoms with Gasteiger partial charge in [-0.3, -0.25) is 14.1 Å². The Hall–Kier alpha value is -2.50. The molecule has 5 atom stereocenters. The Labute approximate surface area is 210 Å². The van der Waals surface area contributed by atoms with Crippen molar-refractivity contribution in [2.24, 2.45) is 5.41 Å². The van der Waals surface area contributed by atoms with Gasteiger partial charge in [0.05, 0.1) is 50.7 Å². The summed E-state index contributed by atoms with van der Waals surface area (Å²) in [5.41, 5.74) is -0.311. The number of ether oxygens (including phenoxy) is 3. The van der Waals surface area contributed by atoms with Gasteiger partial charge in [0.1, 0.15) is 11.6 Å². The van der Waals surface area contributed by atoms with Gasteiger partial charge < -0.3 is 29.7 Å². The van der Waals surface area contributed by atoms with E-state index in [4.69, 9.17) is 14.2 Å². The molecule has 0 unspecified atom stereocenters. The number of halogens is 2. The molecule has 2 amide bonds. The number of alkyl halides is 1. The Kier molecular flexibility index (Phi) is 10.9. The van der Waals surface area contributed by atoms with Gasteiger partial charge in [-0.25, -0.2) is 9.18 Å². The summed E-state index contributed by atoms with van der Waals surface area (Å²) in [7, 11) is 0. The average molecular weight is 517 g/mol. The Morgan fingerprint density at radius 2 is 2.03 bits per heavy atom. The van der Waals surface area contributed by atoms with E-state index in [0.717, 1.165) is 11.3 Å². The largest absolute Gasteiger partial charge is 0.493 e. The van der Waals surface area contributed by atoms with Crippen LogP contribution in [0.4, 0.5) is 13.6 Å². The molecule has 36 heavy (non-hydrogen) atoms. The van der Waals surface area contributed by atoms with Gasteiger partial charge in [-0.15, -0.1) is 0 Å². The van der Waals surface area contributed by atoms with E-state index in [2.05, 4.69) is 5.32 Å². The third-order valence-electron chi connectivity index (χ3n) is 5.90. The van der Waals surface area contributed by atoms with Crippen LogP contribution in [-0.4, -0.2) is 84.1 Å². The minimum Gasteiger partial charge on any atom is -0.493 e. The summed E-state index contributed by atoms with van der Waals surface area (Å²) in [5, 5.41) is 23.8. The fraction of sp³-hybridized carbons (Fsp3) is 0.680. The molecular weight excluding hydrogens is 478 g/mol.